The van der Waals surface area contributed by atoms with Gasteiger partial charge in [-0.25, -0.2) is 0 Å². The number of carbonyl (C=O) groups is 2. The number of aliphatic carboxylic acids is 1. The van der Waals surface area contributed by atoms with E-state index in [0.29, 0.717) is 6.54 Å². The third-order valence-electron chi connectivity index (χ3n) is 3.87. The van der Waals surface area contributed by atoms with Crippen molar-refractivity contribution in [1.29, 1.82) is 0 Å². The van der Waals surface area contributed by atoms with Crippen LogP contribution in [0.15, 0.2) is 0 Å². The summed E-state index contributed by atoms with van der Waals surface area (Å²) in [5, 5.41) is 10.6. The van der Waals surface area contributed by atoms with Gasteiger partial charge in [-0.05, 0) is 19.3 Å². The molecular weight excluding hydrogens is 246 g/mol. The zero-order valence-electron chi connectivity index (χ0n) is 13.2. The van der Waals surface area contributed by atoms with Crippen LogP contribution in [-0.4, -0.2) is 50.2 Å². The van der Waals surface area contributed by atoms with Crippen LogP contribution in [-0.2, 0) is 14.3 Å². The van der Waals surface area contributed by atoms with E-state index in [1.807, 2.05) is 34.6 Å². The summed E-state index contributed by atoms with van der Waals surface area (Å²) in [5.74, 6) is -1.36. The van der Waals surface area contributed by atoms with Crippen LogP contribution in [0, 0.1) is 10.8 Å². The molecule has 0 amide bonds. The van der Waals surface area contributed by atoms with Crippen LogP contribution in [0.1, 0.15) is 34.6 Å². The Bertz CT molecular complexity index is 340. The third kappa shape index (κ3) is 5.59. The van der Waals surface area contributed by atoms with E-state index in [1.54, 1.807) is 14.1 Å². The van der Waals surface area contributed by atoms with Gasteiger partial charge in [-0.2, -0.15) is 0 Å². The maximum atomic E-state index is 12.1. The molecule has 19 heavy (non-hydrogen) atoms. The molecule has 0 fully saturated rings. The fourth-order valence-electron chi connectivity index (χ4n) is 1.30. The molecule has 0 aliphatic heterocycles. The van der Waals surface area contributed by atoms with Crippen molar-refractivity contribution in [3.8, 4) is 0 Å². The summed E-state index contributed by atoms with van der Waals surface area (Å²) in [4.78, 5) is 22.6. The molecule has 0 atom stereocenters. The molecule has 112 valence electrons. The SMILES string of the molecule is CC(C)(C)C(C)(C)C(=O)OCC[N+](C)(C)CC(=O)[O-]. The lowest BCUT2D eigenvalue weighted by atomic mass is 9.69. The van der Waals surface area contributed by atoms with Crippen molar-refractivity contribution in [3.63, 3.8) is 0 Å². The van der Waals surface area contributed by atoms with Gasteiger partial charge in [0.2, 0.25) is 0 Å². The monoisotopic (exact) mass is 273 g/mol. The molecule has 0 aromatic carbocycles. The number of esters is 1. The first-order valence-corrected chi connectivity index (χ1v) is 6.49. The standard InChI is InChI=1S/C14H27NO4/c1-13(2,3)14(4,5)12(18)19-9-8-15(6,7)10-11(16)17/h8-10H2,1-7H3. The predicted octanol–water partition coefficient (Wildman–Crippen LogP) is 0.428. The Balaban J connectivity index is 4.37. The molecule has 0 aliphatic rings. The van der Waals surface area contributed by atoms with Crippen molar-refractivity contribution in [2.24, 2.45) is 10.8 Å². The van der Waals surface area contributed by atoms with E-state index in [2.05, 4.69) is 0 Å². The van der Waals surface area contributed by atoms with Crippen LogP contribution in [0.5, 0.6) is 0 Å². The second-order valence-electron chi connectivity index (χ2n) is 7.20. The number of ether oxygens (including phenoxy) is 1. The molecule has 0 saturated carbocycles. The van der Waals surface area contributed by atoms with Crippen molar-refractivity contribution in [3.05, 3.63) is 0 Å². The van der Waals surface area contributed by atoms with Gasteiger partial charge in [-0.3, -0.25) is 4.79 Å². The van der Waals surface area contributed by atoms with Gasteiger partial charge in [0.05, 0.1) is 25.5 Å². The first-order valence-electron chi connectivity index (χ1n) is 6.49. The molecule has 5 heteroatoms. The van der Waals surface area contributed by atoms with Gasteiger partial charge < -0.3 is 19.1 Å². The number of carboxylic acids is 1. The second-order valence-corrected chi connectivity index (χ2v) is 7.20. The van der Waals surface area contributed by atoms with Gasteiger partial charge in [0, 0.05) is 0 Å². The molecule has 0 heterocycles. The Hall–Kier alpha value is -1.10. The van der Waals surface area contributed by atoms with Crippen molar-refractivity contribution >= 4 is 11.9 Å². The smallest absolute Gasteiger partial charge is 0.312 e. The van der Waals surface area contributed by atoms with Crippen molar-refractivity contribution in [2.45, 2.75) is 34.6 Å². The zero-order chi connectivity index (χ0) is 15.5. The molecule has 0 aromatic heterocycles. The maximum Gasteiger partial charge on any atom is 0.312 e. The summed E-state index contributed by atoms with van der Waals surface area (Å²) in [6.45, 7) is 10.2. The topological polar surface area (TPSA) is 66.4 Å². The highest BCUT2D eigenvalue weighted by Crippen LogP contribution is 2.38. The van der Waals surface area contributed by atoms with Crippen molar-refractivity contribution < 1.29 is 23.9 Å². The second kappa shape index (κ2) is 5.90. The van der Waals surface area contributed by atoms with Gasteiger partial charge >= 0.3 is 5.97 Å². The summed E-state index contributed by atoms with van der Waals surface area (Å²) in [6.07, 6.45) is 0. The number of hydrogen-bond acceptors (Lipinski definition) is 4. The number of hydrogen-bond donors (Lipinski definition) is 0. The van der Waals surface area contributed by atoms with E-state index in [9.17, 15) is 14.7 Å². The normalized spacial score (nSPS) is 13.2. The largest absolute Gasteiger partial charge is 0.544 e. The first-order chi connectivity index (χ1) is 8.29. The van der Waals surface area contributed by atoms with E-state index in [-0.39, 0.29) is 29.0 Å². The average molecular weight is 273 g/mol. The van der Waals surface area contributed by atoms with Gasteiger partial charge in [0.1, 0.15) is 19.7 Å². The van der Waals surface area contributed by atoms with Crippen molar-refractivity contribution in [1.82, 2.24) is 0 Å². The molecule has 0 N–H and O–H groups in total. The summed E-state index contributed by atoms with van der Waals surface area (Å²) in [5.41, 5.74) is -0.780. The van der Waals surface area contributed by atoms with E-state index >= 15 is 0 Å². The Morgan fingerprint density at radius 1 is 1.11 bits per heavy atom. The summed E-state index contributed by atoms with van der Waals surface area (Å²) >= 11 is 0. The highest BCUT2D eigenvalue weighted by Gasteiger charge is 2.41. The Morgan fingerprint density at radius 2 is 1.58 bits per heavy atom. The summed E-state index contributed by atoms with van der Waals surface area (Å²) < 4.78 is 5.51. The van der Waals surface area contributed by atoms with Crippen molar-refractivity contribution in [2.75, 3.05) is 33.8 Å². The molecule has 0 radical (unpaired) electrons. The lowest BCUT2D eigenvalue weighted by Gasteiger charge is -2.36. The molecule has 0 rings (SSSR count). The fraction of sp³-hybridized carbons (Fsp3) is 0.857. The Labute approximate surface area is 116 Å². The van der Waals surface area contributed by atoms with Gasteiger partial charge in [0.15, 0.2) is 0 Å². The van der Waals surface area contributed by atoms with Gasteiger partial charge in [-0.15, -0.1) is 0 Å². The number of rotatable bonds is 6. The average Bonchev–Trinajstić information content (AvgIpc) is 2.12. The lowest BCUT2D eigenvalue weighted by Crippen LogP contribution is -2.50. The van der Waals surface area contributed by atoms with Gasteiger partial charge in [0.25, 0.3) is 0 Å². The van der Waals surface area contributed by atoms with E-state index < -0.39 is 11.4 Å². The van der Waals surface area contributed by atoms with E-state index in [4.69, 9.17) is 4.74 Å². The van der Waals surface area contributed by atoms with Crippen LogP contribution in [0.2, 0.25) is 0 Å². The minimum atomic E-state index is -1.11. The summed E-state index contributed by atoms with van der Waals surface area (Å²) in [7, 11) is 3.52. The molecule has 0 saturated heterocycles. The van der Waals surface area contributed by atoms with E-state index in [1.165, 1.54) is 0 Å². The first kappa shape index (κ1) is 17.9. The minimum Gasteiger partial charge on any atom is -0.544 e. The van der Waals surface area contributed by atoms with Crippen LogP contribution < -0.4 is 5.11 Å². The molecule has 5 nitrogen and oxygen atoms in total. The maximum absolute atomic E-state index is 12.1. The highest BCUT2D eigenvalue weighted by atomic mass is 16.5. The van der Waals surface area contributed by atoms with Gasteiger partial charge in [-0.1, -0.05) is 20.8 Å². The number of quaternary nitrogens is 1. The Kier molecular flexibility index (Phi) is 5.56. The minimum absolute atomic E-state index is 0.0970. The lowest BCUT2D eigenvalue weighted by molar-refractivity contribution is -0.884. The van der Waals surface area contributed by atoms with Crippen LogP contribution in [0.25, 0.3) is 0 Å². The summed E-state index contributed by atoms with van der Waals surface area (Å²) in [6, 6.07) is 0. The van der Waals surface area contributed by atoms with E-state index in [0.717, 1.165) is 0 Å². The quantitative estimate of drug-likeness (QED) is 0.520. The number of likely N-dealkylation sites (N-methyl/N-ethyl adjacent to an activating group) is 1. The van der Waals surface area contributed by atoms with Crippen LogP contribution in [0.3, 0.4) is 0 Å². The van der Waals surface area contributed by atoms with Crippen LogP contribution >= 0.6 is 0 Å². The number of nitrogens with zero attached hydrogens (tertiary/aromatic N) is 1. The zero-order valence-corrected chi connectivity index (χ0v) is 13.2. The third-order valence-corrected chi connectivity index (χ3v) is 3.87. The predicted molar refractivity (Wildman–Crippen MR) is 71.0 cm³/mol. The number of carboxylic acid groups (broad SMARTS) is 1. The van der Waals surface area contributed by atoms with Crippen LogP contribution in [0.4, 0.5) is 0 Å². The molecule has 0 unspecified atom stereocenters. The molecule has 0 spiro atoms. The number of carbonyl (C=O) groups excluding carboxylic acids is 2. The molecule has 0 bridgehead atoms. The fourth-order valence-corrected chi connectivity index (χ4v) is 1.30. The molecule has 0 aromatic rings. The Morgan fingerprint density at radius 3 is 1.95 bits per heavy atom. The highest BCUT2D eigenvalue weighted by molar-refractivity contribution is 5.76. The molecule has 0 aliphatic carbocycles. The molecular formula is C14H27NO4.